The van der Waals surface area contributed by atoms with Gasteiger partial charge in [0.1, 0.15) is 0 Å². The fourth-order valence-electron chi connectivity index (χ4n) is 2.49. The lowest BCUT2D eigenvalue weighted by Crippen LogP contribution is -1.95. The third-order valence-corrected chi connectivity index (χ3v) is 5.01. The highest BCUT2D eigenvalue weighted by Gasteiger charge is 2.17. The number of rotatable bonds is 5. The van der Waals surface area contributed by atoms with Crippen molar-refractivity contribution in [3.05, 3.63) is 24.0 Å². The molecule has 2 aromatic rings. The van der Waals surface area contributed by atoms with Crippen molar-refractivity contribution in [2.45, 2.75) is 36.7 Å². The first-order valence-electron chi connectivity index (χ1n) is 7.08. The summed E-state index contributed by atoms with van der Waals surface area (Å²) in [5, 5.41) is 14.4. The number of hydrogen-bond acceptors (Lipinski definition) is 6. The highest BCUT2D eigenvalue weighted by Crippen LogP contribution is 2.33. The number of aromatic nitrogens is 2. The van der Waals surface area contributed by atoms with E-state index in [2.05, 4.69) is 10.1 Å². The first-order valence-corrected chi connectivity index (χ1v) is 8.12. The molecule has 0 aliphatic heterocycles. The molecule has 0 saturated heterocycles. The zero-order valence-corrected chi connectivity index (χ0v) is 12.7. The molecule has 5 nitrogen and oxygen atoms in total. The Bertz CT molecular complexity index is 609. The summed E-state index contributed by atoms with van der Waals surface area (Å²) in [5.41, 5.74) is 0.745. The van der Waals surface area contributed by atoms with Crippen molar-refractivity contribution in [1.29, 1.82) is 0 Å². The van der Waals surface area contributed by atoms with Gasteiger partial charge in [-0.05, 0) is 31.0 Å². The standard InChI is InChI=1S/C15H18N2O3S/c1-19-13-8-10(6-7-12(13)18)15-16-14(17-20-15)9-21-11-4-2-3-5-11/h6-8,11,18H,2-5,9H2,1H3. The van der Waals surface area contributed by atoms with Crippen LogP contribution in [0.25, 0.3) is 11.5 Å². The second-order valence-electron chi connectivity index (χ2n) is 5.12. The molecule has 0 spiro atoms. The molecule has 3 rings (SSSR count). The van der Waals surface area contributed by atoms with Crippen molar-refractivity contribution in [2.75, 3.05) is 7.11 Å². The van der Waals surface area contributed by atoms with Gasteiger partial charge in [-0.3, -0.25) is 0 Å². The predicted molar refractivity (Wildman–Crippen MR) is 81.5 cm³/mol. The van der Waals surface area contributed by atoms with Crippen molar-refractivity contribution < 1.29 is 14.4 Å². The maximum Gasteiger partial charge on any atom is 0.258 e. The number of phenols is 1. The Kier molecular flexibility index (Phi) is 4.34. The maximum absolute atomic E-state index is 9.60. The van der Waals surface area contributed by atoms with E-state index in [1.54, 1.807) is 18.2 Å². The Morgan fingerprint density at radius 1 is 1.38 bits per heavy atom. The monoisotopic (exact) mass is 306 g/mol. The van der Waals surface area contributed by atoms with Gasteiger partial charge in [0.15, 0.2) is 17.3 Å². The zero-order valence-electron chi connectivity index (χ0n) is 11.9. The second-order valence-corrected chi connectivity index (χ2v) is 6.41. The van der Waals surface area contributed by atoms with Gasteiger partial charge in [-0.1, -0.05) is 18.0 Å². The number of aromatic hydroxyl groups is 1. The molecule has 1 heterocycles. The molecule has 0 unspecified atom stereocenters. The Balaban J connectivity index is 1.69. The number of benzene rings is 1. The van der Waals surface area contributed by atoms with E-state index in [9.17, 15) is 5.11 Å². The van der Waals surface area contributed by atoms with E-state index in [0.717, 1.165) is 16.6 Å². The van der Waals surface area contributed by atoms with Crippen LogP contribution in [0.15, 0.2) is 22.7 Å². The second kappa shape index (κ2) is 6.39. The highest BCUT2D eigenvalue weighted by atomic mass is 32.2. The van der Waals surface area contributed by atoms with Crippen LogP contribution in [-0.2, 0) is 5.75 Å². The number of thioether (sulfide) groups is 1. The zero-order chi connectivity index (χ0) is 14.7. The Labute approximate surface area is 127 Å². The third-order valence-electron chi connectivity index (χ3n) is 3.65. The fraction of sp³-hybridized carbons (Fsp3) is 0.467. The highest BCUT2D eigenvalue weighted by molar-refractivity contribution is 7.99. The van der Waals surface area contributed by atoms with E-state index in [-0.39, 0.29) is 5.75 Å². The van der Waals surface area contributed by atoms with E-state index < -0.39 is 0 Å². The Morgan fingerprint density at radius 2 is 2.19 bits per heavy atom. The largest absolute Gasteiger partial charge is 0.504 e. The van der Waals surface area contributed by atoms with E-state index >= 15 is 0 Å². The van der Waals surface area contributed by atoms with Gasteiger partial charge in [-0.2, -0.15) is 16.7 Å². The van der Waals surface area contributed by atoms with Gasteiger partial charge in [-0.15, -0.1) is 0 Å². The quantitative estimate of drug-likeness (QED) is 0.909. The minimum absolute atomic E-state index is 0.0952. The molecule has 112 valence electrons. The van der Waals surface area contributed by atoms with Gasteiger partial charge in [0.05, 0.1) is 12.9 Å². The summed E-state index contributed by atoms with van der Waals surface area (Å²) < 4.78 is 10.4. The maximum atomic E-state index is 9.60. The summed E-state index contributed by atoms with van der Waals surface area (Å²) in [6.07, 6.45) is 5.26. The van der Waals surface area contributed by atoms with Gasteiger partial charge in [0, 0.05) is 10.8 Å². The van der Waals surface area contributed by atoms with Crippen LogP contribution in [0.3, 0.4) is 0 Å². The number of methoxy groups -OCH3 is 1. The fourth-order valence-corrected chi connectivity index (χ4v) is 3.66. The molecule has 1 saturated carbocycles. The van der Waals surface area contributed by atoms with Crippen LogP contribution in [0, 0.1) is 0 Å². The molecule has 0 amide bonds. The Morgan fingerprint density at radius 3 is 2.95 bits per heavy atom. The number of nitrogens with zero attached hydrogens (tertiary/aromatic N) is 2. The first kappa shape index (κ1) is 14.3. The molecule has 1 aromatic carbocycles. The molecule has 1 fully saturated rings. The minimum atomic E-state index is 0.0952. The van der Waals surface area contributed by atoms with Gasteiger partial charge < -0.3 is 14.4 Å². The number of hydrogen-bond donors (Lipinski definition) is 1. The van der Waals surface area contributed by atoms with Crippen LogP contribution >= 0.6 is 11.8 Å². The van der Waals surface area contributed by atoms with E-state index in [1.807, 2.05) is 11.8 Å². The summed E-state index contributed by atoms with van der Waals surface area (Å²) in [6.45, 7) is 0. The van der Waals surface area contributed by atoms with Crippen molar-refractivity contribution >= 4 is 11.8 Å². The molecule has 1 aliphatic rings. The van der Waals surface area contributed by atoms with E-state index in [4.69, 9.17) is 9.26 Å². The van der Waals surface area contributed by atoms with Crippen LogP contribution in [0.5, 0.6) is 11.5 Å². The summed E-state index contributed by atoms with van der Waals surface area (Å²) in [4.78, 5) is 4.41. The molecular formula is C15H18N2O3S. The molecule has 1 aromatic heterocycles. The normalized spacial score (nSPS) is 15.5. The van der Waals surface area contributed by atoms with Gasteiger partial charge in [-0.25, -0.2) is 0 Å². The topological polar surface area (TPSA) is 68.4 Å². The molecule has 6 heteroatoms. The lowest BCUT2D eigenvalue weighted by atomic mass is 10.2. The third kappa shape index (κ3) is 3.32. The van der Waals surface area contributed by atoms with Gasteiger partial charge in [0.2, 0.25) is 0 Å². The predicted octanol–water partition coefficient (Wildman–Crippen LogP) is 3.63. The SMILES string of the molecule is COc1cc(-c2nc(CSC3CCCC3)no2)ccc1O. The molecule has 1 aliphatic carbocycles. The number of ether oxygens (including phenoxy) is 1. The lowest BCUT2D eigenvalue weighted by Gasteiger charge is -2.05. The minimum Gasteiger partial charge on any atom is -0.504 e. The summed E-state index contributed by atoms with van der Waals surface area (Å²) >= 11 is 1.91. The Hall–Kier alpha value is -1.69. The summed E-state index contributed by atoms with van der Waals surface area (Å²) in [7, 11) is 1.51. The van der Waals surface area contributed by atoms with Crippen molar-refractivity contribution in [1.82, 2.24) is 10.1 Å². The van der Waals surface area contributed by atoms with Crippen molar-refractivity contribution in [3.63, 3.8) is 0 Å². The van der Waals surface area contributed by atoms with E-state index in [1.165, 1.54) is 32.8 Å². The van der Waals surface area contributed by atoms with Crippen LogP contribution in [-0.4, -0.2) is 27.6 Å². The van der Waals surface area contributed by atoms with Crippen LogP contribution in [0.4, 0.5) is 0 Å². The van der Waals surface area contributed by atoms with Crippen LogP contribution in [0.1, 0.15) is 31.5 Å². The molecular weight excluding hydrogens is 288 g/mol. The molecule has 21 heavy (non-hydrogen) atoms. The summed E-state index contributed by atoms with van der Waals surface area (Å²) in [5.74, 6) is 2.44. The van der Waals surface area contributed by atoms with Crippen LogP contribution in [0.2, 0.25) is 0 Å². The van der Waals surface area contributed by atoms with E-state index in [0.29, 0.717) is 17.5 Å². The lowest BCUT2D eigenvalue weighted by molar-refractivity contribution is 0.373. The molecule has 0 radical (unpaired) electrons. The average molecular weight is 306 g/mol. The first-order chi connectivity index (χ1) is 10.3. The average Bonchev–Trinajstić information content (AvgIpc) is 3.17. The smallest absolute Gasteiger partial charge is 0.258 e. The number of phenolic OH excluding ortho intramolecular Hbond substituents is 1. The molecule has 1 N–H and O–H groups in total. The summed E-state index contributed by atoms with van der Waals surface area (Å²) in [6, 6.07) is 4.99. The van der Waals surface area contributed by atoms with Crippen molar-refractivity contribution in [2.24, 2.45) is 0 Å². The van der Waals surface area contributed by atoms with Crippen LogP contribution < -0.4 is 4.74 Å². The van der Waals surface area contributed by atoms with Gasteiger partial charge in [0.25, 0.3) is 5.89 Å². The van der Waals surface area contributed by atoms with Crippen molar-refractivity contribution in [3.8, 4) is 23.0 Å². The molecule has 0 atom stereocenters. The molecule has 0 bridgehead atoms. The van der Waals surface area contributed by atoms with Gasteiger partial charge >= 0.3 is 0 Å².